The van der Waals surface area contributed by atoms with Gasteiger partial charge in [0.25, 0.3) is 0 Å². The SMILES string of the molecule is CC(CN(C)Cc1ccc(OC(F)F)c(Br)c1)C(=O)O. The lowest BCUT2D eigenvalue weighted by Gasteiger charge is -2.19. The molecule has 112 valence electrons. The monoisotopic (exact) mass is 351 g/mol. The molecule has 0 heterocycles. The van der Waals surface area contributed by atoms with Crippen molar-refractivity contribution in [3.05, 3.63) is 28.2 Å². The average molecular weight is 352 g/mol. The molecule has 0 radical (unpaired) electrons. The maximum Gasteiger partial charge on any atom is 0.387 e. The van der Waals surface area contributed by atoms with Crippen LogP contribution >= 0.6 is 15.9 Å². The van der Waals surface area contributed by atoms with E-state index in [2.05, 4.69) is 20.7 Å². The van der Waals surface area contributed by atoms with Gasteiger partial charge < -0.3 is 14.7 Å². The summed E-state index contributed by atoms with van der Waals surface area (Å²) >= 11 is 3.17. The first-order chi connectivity index (χ1) is 9.29. The Balaban J connectivity index is 2.64. The number of aliphatic carboxylic acids is 1. The molecule has 7 heteroatoms. The number of alkyl halides is 2. The molecule has 0 aromatic heterocycles. The highest BCUT2D eigenvalue weighted by molar-refractivity contribution is 9.10. The van der Waals surface area contributed by atoms with Gasteiger partial charge in [-0.3, -0.25) is 4.79 Å². The second-order valence-electron chi connectivity index (χ2n) is 4.58. The predicted octanol–water partition coefficient (Wildman–Crippen LogP) is 3.20. The van der Waals surface area contributed by atoms with E-state index >= 15 is 0 Å². The lowest BCUT2D eigenvalue weighted by molar-refractivity contribution is -0.141. The van der Waals surface area contributed by atoms with Crippen molar-refractivity contribution in [1.29, 1.82) is 0 Å². The van der Waals surface area contributed by atoms with E-state index in [1.54, 1.807) is 26.1 Å². The second-order valence-corrected chi connectivity index (χ2v) is 5.43. The number of nitrogens with zero attached hydrogens (tertiary/aromatic N) is 1. The third-order valence-electron chi connectivity index (χ3n) is 2.67. The van der Waals surface area contributed by atoms with Gasteiger partial charge in [0.05, 0.1) is 10.4 Å². The van der Waals surface area contributed by atoms with Gasteiger partial charge in [-0.2, -0.15) is 8.78 Å². The highest BCUT2D eigenvalue weighted by Crippen LogP contribution is 2.27. The summed E-state index contributed by atoms with van der Waals surface area (Å²) in [6, 6.07) is 4.81. The maximum absolute atomic E-state index is 12.1. The molecule has 0 saturated heterocycles. The third-order valence-corrected chi connectivity index (χ3v) is 3.29. The molecule has 4 nitrogen and oxygen atoms in total. The molecule has 1 aromatic carbocycles. The topological polar surface area (TPSA) is 49.8 Å². The highest BCUT2D eigenvalue weighted by Gasteiger charge is 2.14. The van der Waals surface area contributed by atoms with Crippen LogP contribution in [0, 0.1) is 5.92 Å². The van der Waals surface area contributed by atoms with Gasteiger partial charge in [0.2, 0.25) is 0 Å². The molecular formula is C13H16BrF2NO3. The Bertz CT molecular complexity index is 471. The Morgan fingerprint density at radius 3 is 2.65 bits per heavy atom. The number of halogens is 3. The zero-order valence-corrected chi connectivity index (χ0v) is 12.7. The molecule has 0 aliphatic heterocycles. The van der Waals surface area contributed by atoms with E-state index < -0.39 is 18.5 Å². The lowest BCUT2D eigenvalue weighted by Crippen LogP contribution is -2.28. The summed E-state index contributed by atoms with van der Waals surface area (Å²) in [7, 11) is 1.80. The van der Waals surface area contributed by atoms with Crippen LogP contribution in [0.4, 0.5) is 8.78 Å². The molecule has 1 unspecified atom stereocenters. The smallest absolute Gasteiger partial charge is 0.387 e. The summed E-state index contributed by atoms with van der Waals surface area (Å²) in [5.74, 6) is -1.24. The number of hydrogen-bond acceptors (Lipinski definition) is 3. The van der Waals surface area contributed by atoms with Gasteiger partial charge >= 0.3 is 12.6 Å². The van der Waals surface area contributed by atoms with Crippen molar-refractivity contribution < 1.29 is 23.4 Å². The van der Waals surface area contributed by atoms with Gasteiger partial charge in [0, 0.05) is 13.1 Å². The van der Waals surface area contributed by atoms with Crippen molar-refractivity contribution in [2.75, 3.05) is 13.6 Å². The fourth-order valence-electron chi connectivity index (χ4n) is 1.76. The molecule has 0 fully saturated rings. The number of carbonyl (C=O) groups is 1. The van der Waals surface area contributed by atoms with Gasteiger partial charge in [-0.15, -0.1) is 0 Å². The lowest BCUT2D eigenvalue weighted by atomic mass is 10.1. The molecule has 1 rings (SSSR count). The van der Waals surface area contributed by atoms with Crippen LogP contribution in [0.15, 0.2) is 22.7 Å². The molecule has 0 spiro atoms. The van der Waals surface area contributed by atoms with Crippen LogP contribution in [0.5, 0.6) is 5.75 Å². The van der Waals surface area contributed by atoms with Crippen LogP contribution in [0.25, 0.3) is 0 Å². The Morgan fingerprint density at radius 2 is 2.15 bits per heavy atom. The van der Waals surface area contributed by atoms with E-state index in [0.717, 1.165) is 5.56 Å². The van der Waals surface area contributed by atoms with Crippen LogP contribution in [0.1, 0.15) is 12.5 Å². The minimum absolute atomic E-state index is 0.0744. The van der Waals surface area contributed by atoms with Crippen LogP contribution in [0.2, 0.25) is 0 Å². The van der Waals surface area contributed by atoms with Gasteiger partial charge in [-0.25, -0.2) is 0 Å². The fraction of sp³-hybridized carbons (Fsp3) is 0.462. The summed E-state index contributed by atoms with van der Waals surface area (Å²) in [6.07, 6.45) is 0. The minimum atomic E-state index is -2.86. The van der Waals surface area contributed by atoms with Crippen LogP contribution in [-0.4, -0.2) is 36.2 Å². The van der Waals surface area contributed by atoms with Crippen LogP contribution < -0.4 is 4.74 Å². The van der Waals surface area contributed by atoms with Crippen molar-refractivity contribution >= 4 is 21.9 Å². The van der Waals surface area contributed by atoms with E-state index in [-0.39, 0.29) is 5.75 Å². The molecule has 0 aliphatic rings. The summed E-state index contributed by atoms with van der Waals surface area (Å²) in [6.45, 7) is -0.307. The second kappa shape index (κ2) is 7.54. The molecule has 20 heavy (non-hydrogen) atoms. The van der Waals surface area contributed by atoms with Gasteiger partial charge in [0.15, 0.2) is 0 Å². The van der Waals surface area contributed by atoms with Crippen LogP contribution in [0.3, 0.4) is 0 Å². The van der Waals surface area contributed by atoms with Gasteiger partial charge in [-0.1, -0.05) is 13.0 Å². The van der Waals surface area contributed by atoms with Crippen LogP contribution in [-0.2, 0) is 11.3 Å². The first-order valence-electron chi connectivity index (χ1n) is 5.94. The van der Waals surface area contributed by atoms with E-state index in [4.69, 9.17) is 5.11 Å². The van der Waals surface area contributed by atoms with Crippen molar-refractivity contribution in [3.8, 4) is 5.75 Å². The Hall–Kier alpha value is -1.21. The number of rotatable bonds is 7. The largest absolute Gasteiger partial charge is 0.481 e. The van der Waals surface area contributed by atoms with Gasteiger partial charge in [-0.05, 0) is 40.7 Å². The van der Waals surface area contributed by atoms with Gasteiger partial charge in [0.1, 0.15) is 5.75 Å². The van der Waals surface area contributed by atoms with Crippen molar-refractivity contribution in [3.63, 3.8) is 0 Å². The highest BCUT2D eigenvalue weighted by atomic mass is 79.9. The molecule has 1 atom stereocenters. The zero-order valence-electron chi connectivity index (χ0n) is 11.1. The maximum atomic E-state index is 12.1. The number of benzene rings is 1. The van der Waals surface area contributed by atoms with Crippen molar-refractivity contribution in [2.24, 2.45) is 5.92 Å². The number of ether oxygens (including phenoxy) is 1. The minimum Gasteiger partial charge on any atom is -0.481 e. The van der Waals surface area contributed by atoms with Crippen molar-refractivity contribution in [2.45, 2.75) is 20.1 Å². The first-order valence-corrected chi connectivity index (χ1v) is 6.73. The molecule has 1 N–H and O–H groups in total. The average Bonchev–Trinajstić information content (AvgIpc) is 2.31. The number of carboxylic acids is 1. The third kappa shape index (κ3) is 5.42. The summed E-state index contributed by atoms with van der Waals surface area (Å²) in [5, 5.41) is 8.84. The zero-order chi connectivity index (χ0) is 15.3. The summed E-state index contributed by atoms with van der Waals surface area (Å²) in [4.78, 5) is 12.6. The predicted molar refractivity (Wildman–Crippen MR) is 73.9 cm³/mol. The molecule has 0 amide bonds. The quantitative estimate of drug-likeness (QED) is 0.819. The summed E-state index contributed by atoms with van der Waals surface area (Å²) < 4.78 is 29.0. The molecule has 0 saturated carbocycles. The molecular weight excluding hydrogens is 336 g/mol. The number of carboxylic acid groups (broad SMARTS) is 1. The van der Waals surface area contributed by atoms with E-state index in [9.17, 15) is 13.6 Å². The standard InChI is InChI=1S/C13H16BrF2NO3/c1-8(12(18)19)6-17(2)7-9-3-4-11(10(14)5-9)20-13(15)16/h3-5,8,13H,6-7H2,1-2H3,(H,18,19). The first kappa shape index (κ1) is 16.8. The molecule has 0 bridgehead atoms. The molecule has 1 aromatic rings. The Morgan fingerprint density at radius 1 is 1.50 bits per heavy atom. The van der Waals surface area contributed by atoms with Crippen molar-refractivity contribution in [1.82, 2.24) is 4.90 Å². The van der Waals surface area contributed by atoms with E-state index in [1.165, 1.54) is 6.07 Å². The summed E-state index contributed by atoms with van der Waals surface area (Å²) in [5.41, 5.74) is 0.874. The fourth-order valence-corrected chi connectivity index (χ4v) is 2.28. The Kier molecular flexibility index (Phi) is 6.35. The normalized spacial score (nSPS) is 12.8. The van der Waals surface area contributed by atoms with E-state index in [1.807, 2.05) is 4.90 Å². The Labute approximate surface area is 124 Å². The number of hydrogen-bond donors (Lipinski definition) is 1. The van der Waals surface area contributed by atoms with E-state index in [0.29, 0.717) is 17.6 Å². The molecule has 0 aliphatic carbocycles.